The van der Waals surface area contributed by atoms with Gasteiger partial charge in [0.15, 0.2) is 18.5 Å². The molecule has 2 N–H and O–H groups in total. The summed E-state index contributed by atoms with van der Waals surface area (Å²) in [5, 5.41) is 5.10. The first-order valence-electron chi connectivity index (χ1n) is 10.8. The summed E-state index contributed by atoms with van der Waals surface area (Å²) in [4.78, 5) is 60.2. The number of carbonyl (C=O) groups excluding carboxylic acids is 5. The summed E-state index contributed by atoms with van der Waals surface area (Å²) < 4.78 is 32.7. The zero-order valence-corrected chi connectivity index (χ0v) is 20.2. The summed E-state index contributed by atoms with van der Waals surface area (Å²) in [6.07, 6.45) is -6.47. The Labute approximate surface area is 197 Å². The van der Waals surface area contributed by atoms with Gasteiger partial charge in [0.05, 0.1) is 6.10 Å². The Morgan fingerprint density at radius 2 is 1.56 bits per heavy atom. The number of hydrogen-bond acceptors (Lipinski definition) is 11. The van der Waals surface area contributed by atoms with Crippen LogP contribution in [0.15, 0.2) is 0 Å². The number of ether oxygens (including phenoxy) is 6. The minimum Gasteiger partial charge on any atom is -0.463 e. The lowest BCUT2D eigenvalue weighted by Gasteiger charge is -2.44. The number of carbonyl (C=O) groups is 5. The normalized spacial score (nSPS) is 31.1. The van der Waals surface area contributed by atoms with E-state index in [2.05, 4.69) is 10.6 Å². The highest BCUT2D eigenvalue weighted by atomic mass is 16.7. The van der Waals surface area contributed by atoms with Gasteiger partial charge in [0.2, 0.25) is 5.91 Å². The molecule has 2 rings (SSSR count). The van der Waals surface area contributed by atoms with Crippen LogP contribution in [-0.4, -0.2) is 84.9 Å². The van der Waals surface area contributed by atoms with Crippen LogP contribution in [0, 0.1) is 0 Å². The van der Waals surface area contributed by atoms with Crippen molar-refractivity contribution in [2.45, 2.75) is 96.9 Å². The van der Waals surface area contributed by atoms with Crippen LogP contribution >= 0.6 is 0 Å². The molecule has 2 heterocycles. The molecule has 34 heavy (non-hydrogen) atoms. The molecule has 2 amide bonds. The average molecular weight is 488 g/mol. The van der Waals surface area contributed by atoms with Crippen LogP contribution in [0.4, 0.5) is 4.79 Å². The molecule has 0 aliphatic carbocycles. The second kappa shape index (κ2) is 11.0. The first kappa shape index (κ1) is 27.3. The highest BCUT2D eigenvalue weighted by molar-refractivity contribution is 5.87. The van der Waals surface area contributed by atoms with Crippen molar-refractivity contribution in [3.8, 4) is 0 Å². The van der Waals surface area contributed by atoms with Gasteiger partial charge in [-0.3, -0.25) is 19.2 Å². The molecule has 0 unspecified atom stereocenters. The third-order valence-electron chi connectivity index (χ3n) is 4.78. The van der Waals surface area contributed by atoms with Crippen LogP contribution in [0.25, 0.3) is 0 Å². The number of esters is 3. The maximum absolute atomic E-state index is 13.0. The predicted molar refractivity (Wildman–Crippen MR) is 112 cm³/mol. The number of fused-ring (bicyclic) bond motifs is 1. The number of nitrogens with one attached hydrogen (secondary N) is 2. The van der Waals surface area contributed by atoms with Gasteiger partial charge in [-0.2, -0.15) is 0 Å². The van der Waals surface area contributed by atoms with E-state index >= 15 is 0 Å². The van der Waals surface area contributed by atoms with E-state index in [0.29, 0.717) is 0 Å². The minimum atomic E-state index is -1.24. The third-order valence-corrected chi connectivity index (χ3v) is 4.78. The molecule has 0 aromatic carbocycles. The quantitative estimate of drug-likeness (QED) is 0.393. The molecule has 0 radical (unpaired) electrons. The largest absolute Gasteiger partial charge is 0.463 e. The van der Waals surface area contributed by atoms with Gasteiger partial charge >= 0.3 is 24.0 Å². The molecule has 2 saturated heterocycles. The van der Waals surface area contributed by atoms with Gasteiger partial charge in [0.1, 0.15) is 30.4 Å². The zero-order valence-electron chi connectivity index (χ0n) is 20.2. The summed E-state index contributed by atoms with van der Waals surface area (Å²) in [7, 11) is 0. The van der Waals surface area contributed by atoms with Crippen molar-refractivity contribution in [3.05, 3.63) is 0 Å². The molecule has 7 atom stereocenters. The summed E-state index contributed by atoms with van der Waals surface area (Å²) in [5.41, 5.74) is -0.798. The van der Waals surface area contributed by atoms with Gasteiger partial charge in [-0.05, 0) is 27.7 Å². The Morgan fingerprint density at radius 3 is 2.09 bits per heavy atom. The molecule has 0 aromatic rings. The van der Waals surface area contributed by atoms with E-state index in [1.54, 1.807) is 20.8 Å². The van der Waals surface area contributed by atoms with Crippen molar-refractivity contribution in [1.82, 2.24) is 10.6 Å². The molecule has 192 valence electrons. The van der Waals surface area contributed by atoms with Gasteiger partial charge in [-0.15, -0.1) is 0 Å². The van der Waals surface area contributed by atoms with Crippen molar-refractivity contribution >= 4 is 29.9 Å². The van der Waals surface area contributed by atoms with Crippen LogP contribution in [0.2, 0.25) is 0 Å². The Morgan fingerprint density at radius 1 is 0.971 bits per heavy atom. The molecule has 0 bridgehead atoms. The van der Waals surface area contributed by atoms with Crippen LogP contribution in [0.5, 0.6) is 0 Å². The maximum atomic E-state index is 13.0. The van der Waals surface area contributed by atoms with Crippen LogP contribution in [-0.2, 0) is 47.6 Å². The van der Waals surface area contributed by atoms with Crippen molar-refractivity contribution in [1.29, 1.82) is 0 Å². The second-order valence-corrected chi connectivity index (χ2v) is 8.99. The maximum Gasteiger partial charge on any atom is 0.408 e. The summed E-state index contributed by atoms with van der Waals surface area (Å²) in [6.45, 7) is 9.69. The fourth-order valence-electron chi connectivity index (χ4n) is 3.55. The van der Waals surface area contributed by atoms with Gasteiger partial charge in [-0.25, -0.2) is 4.79 Å². The monoisotopic (exact) mass is 488 g/mol. The number of hydrogen-bond donors (Lipinski definition) is 2. The Balaban J connectivity index is 2.34. The van der Waals surface area contributed by atoms with Crippen molar-refractivity contribution < 1.29 is 52.4 Å². The molecule has 2 aliphatic rings. The average Bonchev–Trinajstić information content (AvgIpc) is 2.77. The van der Waals surface area contributed by atoms with Gasteiger partial charge in [0, 0.05) is 20.8 Å². The molecule has 13 heteroatoms. The van der Waals surface area contributed by atoms with E-state index < -0.39 is 78.3 Å². The number of amides is 2. The lowest BCUT2D eigenvalue weighted by molar-refractivity contribution is -0.283. The first-order valence-corrected chi connectivity index (χ1v) is 10.8. The lowest BCUT2D eigenvalue weighted by atomic mass is 9.96. The standard InChI is InChI=1S/C21H32N2O11/c1-9-14(23-20(28)34-21(5,6)7)18(27)22-15-17(32-12(4)26)16(31-11(3)25)13(8-29-10(2)24)33-19(15)30-9/h9,13-17,19H,8H2,1-7H3,(H,22,27)(H,23,28)/t9-,13+,14-,15+,16+,17+,19-/m0/s1. The lowest BCUT2D eigenvalue weighted by Crippen LogP contribution is -2.66. The topological polar surface area (TPSA) is 165 Å². The molecule has 2 aliphatic heterocycles. The second-order valence-electron chi connectivity index (χ2n) is 8.99. The summed E-state index contributed by atoms with van der Waals surface area (Å²) in [5.74, 6) is -2.70. The zero-order chi connectivity index (χ0) is 25.8. The molecule has 0 saturated carbocycles. The van der Waals surface area contributed by atoms with E-state index in [1.807, 2.05) is 0 Å². The van der Waals surface area contributed by atoms with Crippen molar-refractivity contribution in [2.75, 3.05) is 6.61 Å². The van der Waals surface area contributed by atoms with E-state index in [4.69, 9.17) is 28.4 Å². The summed E-state index contributed by atoms with van der Waals surface area (Å²) in [6, 6.07) is -2.29. The van der Waals surface area contributed by atoms with Crippen LogP contribution in [0.1, 0.15) is 48.5 Å². The Hall–Kier alpha value is -2.93. The SMILES string of the molecule is CC(=O)OC[C@H]1O[C@@H]2O[C@@H](C)[C@H](NC(=O)OC(C)(C)C)C(=O)N[C@@H]2[C@@H](OC(C)=O)[C@@H]1OC(C)=O. The Kier molecular flexibility index (Phi) is 8.83. The van der Waals surface area contributed by atoms with E-state index in [9.17, 15) is 24.0 Å². The van der Waals surface area contributed by atoms with E-state index in [-0.39, 0.29) is 6.61 Å². The molecule has 2 fully saturated rings. The fourth-order valence-corrected chi connectivity index (χ4v) is 3.55. The number of alkyl carbamates (subject to hydrolysis) is 1. The van der Waals surface area contributed by atoms with Gasteiger partial charge < -0.3 is 39.1 Å². The van der Waals surface area contributed by atoms with Crippen molar-refractivity contribution in [2.24, 2.45) is 0 Å². The van der Waals surface area contributed by atoms with Crippen LogP contribution in [0.3, 0.4) is 0 Å². The van der Waals surface area contributed by atoms with Gasteiger partial charge in [-0.1, -0.05) is 0 Å². The summed E-state index contributed by atoms with van der Waals surface area (Å²) >= 11 is 0. The van der Waals surface area contributed by atoms with E-state index in [1.165, 1.54) is 13.8 Å². The molecule has 13 nitrogen and oxygen atoms in total. The fraction of sp³-hybridized carbons (Fsp3) is 0.762. The minimum absolute atomic E-state index is 0.334. The smallest absolute Gasteiger partial charge is 0.408 e. The number of rotatable bonds is 5. The Bertz CT molecular complexity index is 809. The molecule has 0 aromatic heterocycles. The molecular weight excluding hydrogens is 456 g/mol. The highest BCUT2D eigenvalue weighted by Crippen LogP contribution is 2.30. The molecule has 0 spiro atoms. The van der Waals surface area contributed by atoms with Crippen LogP contribution < -0.4 is 10.6 Å². The van der Waals surface area contributed by atoms with Crippen molar-refractivity contribution in [3.63, 3.8) is 0 Å². The van der Waals surface area contributed by atoms with Gasteiger partial charge in [0.25, 0.3) is 0 Å². The predicted octanol–water partition coefficient (Wildman–Crippen LogP) is -0.0654. The van der Waals surface area contributed by atoms with E-state index in [0.717, 1.165) is 13.8 Å². The highest BCUT2D eigenvalue weighted by Gasteiger charge is 2.54. The third kappa shape index (κ3) is 7.55. The molecular formula is C21H32N2O11. The first-order chi connectivity index (χ1) is 15.7.